The van der Waals surface area contributed by atoms with Crippen LogP contribution in [-0.2, 0) is 17.4 Å². The molecule has 2 heteroatoms. The zero-order chi connectivity index (χ0) is 2.71. The monoisotopic (exact) mass is 97.0 g/mol. The third kappa shape index (κ3) is 22.9. The summed E-state index contributed by atoms with van der Waals surface area (Å²) in [5.74, 6) is 0. The summed E-state index contributed by atoms with van der Waals surface area (Å²) in [4.78, 5) is 0. The van der Waals surface area contributed by atoms with Crippen molar-refractivity contribution in [3.05, 3.63) is 0 Å². The second kappa shape index (κ2) is 9.74. The summed E-state index contributed by atoms with van der Waals surface area (Å²) < 4.78 is 0. The molecule has 0 saturated carbocycles. The molecule has 0 radical (unpaired) electrons. The SMILES string of the molecule is CNC.[Cr]. The summed E-state index contributed by atoms with van der Waals surface area (Å²) in [5.41, 5.74) is 0. The molecule has 4 heavy (non-hydrogen) atoms. The van der Waals surface area contributed by atoms with Gasteiger partial charge in [0.1, 0.15) is 0 Å². The second-order valence-electron chi connectivity index (χ2n) is 0.500. The van der Waals surface area contributed by atoms with Gasteiger partial charge in [-0.2, -0.15) is 0 Å². The fraction of sp³-hybridized carbons (Fsp3) is 1.00. The van der Waals surface area contributed by atoms with Gasteiger partial charge in [0.15, 0.2) is 0 Å². The maximum Gasteiger partial charge on any atom is 0 e. The van der Waals surface area contributed by atoms with E-state index in [1.54, 1.807) is 0 Å². The number of hydrogen-bond acceptors (Lipinski definition) is 1. The van der Waals surface area contributed by atoms with Crippen LogP contribution in [0.3, 0.4) is 0 Å². The Kier molecular flexibility index (Phi) is 21.5. The van der Waals surface area contributed by atoms with E-state index in [-0.39, 0.29) is 17.4 Å². The van der Waals surface area contributed by atoms with E-state index in [4.69, 9.17) is 0 Å². The van der Waals surface area contributed by atoms with E-state index in [0.717, 1.165) is 0 Å². The Morgan fingerprint density at radius 1 is 1.25 bits per heavy atom. The van der Waals surface area contributed by atoms with E-state index < -0.39 is 0 Å². The van der Waals surface area contributed by atoms with Crippen LogP contribution in [0, 0.1) is 0 Å². The van der Waals surface area contributed by atoms with Crippen LogP contribution in [0.25, 0.3) is 0 Å². The molecule has 0 spiro atoms. The summed E-state index contributed by atoms with van der Waals surface area (Å²) in [6.45, 7) is 0. The van der Waals surface area contributed by atoms with Gasteiger partial charge < -0.3 is 5.32 Å². The van der Waals surface area contributed by atoms with Gasteiger partial charge in [0.2, 0.25) is 0 Å². The fourth-order valence-electron chi connectivity index (χ4n) is 0. The molecule has 0 aromatic carbocycles. The van der Waals surface area contributed by atoms with Gasteiger partial charge in [-0.3, -0.25) is 0 Å². The average molecular weight is 97.1 g/mol. The Hall–Kier alpha value is 0.492. The molecule has 0 rings (SSSR count). The van der Waals surface area contributed by atoms with Crippen molar-refractivity contribution >= 4 is 0 Å². The van der Waals surface area contributed by atoms with E-state index in [1.165, 1.54) is 0 Å². The van der Waals surface area contributed by atoms with Crippen molar-refractivity contribution in [2.24, 2.45) is 0 Å². The van der Waals surface area contributed by atoms with Crippen LogP contribution in [0.15, 0.2) is 0 Å². The number of nitrogens with one attached hydrogen (secondary N) is 1. The Balaban J connectivity index is 0. The van der Waals surface area contributed by atoms with Crippen molar-refractivity contribution in [2.75, 3.05) is 14.1 Å². The fourth-order valence-corrected chi connectivity index (χ4v) is 0. The van der Waals surface area contributed by atoms with Crippen molar-refractivity contribution in [2.45, 2.75) is 0 Å². The zero-order valence-electron chi connectivity index (χ0n) is 2.91. The largest absolute Gasteiger partial charge is 0.323 e. The molecule has 0 unspecified atom stereocenters. The van der Waals surface area contributed by atoms with Gasteiger partial charge in [0.25, 0.3) is 0 Å². The van der Waals surface area contributed by atoms with Crippen molar-refractivity contribution in [3.8, 4) is 0 Å². The van der Waals surface area contributed by atoms with Gasteiger partial charge in [-0.1, -0.05) is 0 Å². The van der Waals surface area contributed by atoms with Gasteiger partial charge in [-0.25, -0.2) is 0 Å². The molecule has 1 nitrogen and oxygen atoms in total. The summed E-state index contributed by atoms with van der Waals surface area (Å²) in [7, 11) is 3.75. The first-order chi connectivity index (χ1) is 1.41. The molecule has 0 aliphatic heterocycles. The van der Waals surface area contributed by atoms with Crippen LogP contribution < -0.4 is 5.32 Å². The Bertz CT molecular complexity index is 6.00. The first kappa shape index (κ1) is 8.82. The zero-order valence-corrected chi connectivity index (χ0v) is 4.18. The van der Waals surface area contributed by atoms with Crippen molar-refractivity contribution < 1.29 is 17.4 Å². The molecule has 0 aliphatic carbocycles. The molecular weight excluding hydrogens is 90.0 g/mol. The van der Waals surface area contributed by atoms with E-state index in [9.17, 15) is 0 Å². The minimum absolute atomic E-state index is 0. The molecule has 0 amide bonds. The maximum absolute atomic E-state index is 2.75. The Morgan fingerprint density at radius 3 is 1.25 bits per heavy atom. The predicted octanol–water partition coefficient (Wildman–Crippen LogP) is -0.167. The molecule has 0 bridgehead atoms. The first-order valence-corrected chi connectivity index (χ1v) is 1.00. The van der Waals surface area contributed by atoms with Gasteiger partial charge >= 0.3 is 0 Å². The quantitative estimate of drug-likeness (QED) is 0.442. The molecule has 0 aromatic heterocycles. The standard InChI is InChI=1S/C2H7N.Cr/c1-3-2;/h3H,1-2H3;. The van der Waals surface area contributed by atoms with Gasteiger partial charge in [-0.15, -0.1) is 0 Å². The molecular formula is C2H7CrN. The Morgan fingerprint density at radius 2 is 1.25 bits per heavy atom. The minimum Gasteiger partial charge on any atom is -0.323 e. The van der Waals surface area contributed by atoms with Crippen LogP contribution in [-0.4, -0.2) is 14.1 Å². The molecule has 0 heterocycles. The smallest absolute Gasteiger partial charge is 0 e. The third-order valence-corrected chi connectivity index (χ3v) is 0. The van der Waals surface area contributed by atoms with Gasteiger partial charge in [-0.05, 0) is 14.1 Å². The number of hydrogen-bond donors (Lipinski definition) is 1. The van der Waals surface area contributed by atoms with Crippen LogP contribution >= 0.6 is 0 Å². The van der Waals surface area contributed by atoms with Crippen LogP contribution in [0.1, 0.15) is 0 Å². The Labute approximate surface area is 37.5 Å². The van der Waals surface area contributed by atoms with Gasteiger partial charge in [0.05, 0.1) is 0 Å². The van der Waals surface area contributed by atoms with E-state index in [2.05, 4.69) is 5.32 Å². The molecule has 0 saturated heterocycles. The molecule has 0 atom stereocenters. The normalized spacial score (nSPS) is 4.50. The van der Waals surface area contributed by atoms with E-state index in [1.807, 2.05) is 14.1 Å². The molecule has 26 valence electrons. The van der Waals surface area contributed by atoms with E-state index >= 15 is 0 Å². The summed E-state index contributed by atoms with van der Waals surface area (Å²) in [5, 5.41) is 2.75. The predicted molar refractivity (Wildman–Crippen MR) is 15.0 cm³/mol. The summed E-state index contributed by atoms with van der Waals surface area (Å²) in [6, 6.07) is 0. The van der Waals surface area contributed by atoms with Gasteiger partial charge in [0, 0.05) is 17.4 Å². The third-order valence-electron chi connectivity index (χ3n) is 0. The van der Waals surface area contributed by atoms with Crippen LogP contribution in [0.2, 0.25) is 0 Å². The molecule has 1 N–H and O–H groups in total. The van der Waals surface area contributed by atoms with Crippen molar-refractivity contribution in [3.63, 3.8) is 0 Å². The first-order valence-electron chi connectivity index (χ1n) is 1.00. The number of rotatable bonds is 0. The van der Waals surface area contributed by atoms with Crippen molar-refractivity contribution in [1.82, 2.24) is 5.32 Å². The second-order valence-corrected chi connectivity index (χ2v) is 0.500. The maximum atomic E-state index is 2.75. The molecule has 0 fully saturated rings. The van der Waals surface area contributed by atoms with Crippen LogP contribution in [0.4, 0.5) is 0 Å². The summed E-state index contributed by atoms with van der Waals surface area (Å²) >= 11 is 0. The summed E-state index contributed by atoms with van der Waals surface area (Å²) in [6.07, 6.45) is 0. The van der Waals surface area contributed by atoms with E-state index in [0.29, 0.717) is 0 Å². The van der Waals surface area contributed by atoms with Crippen LogP contribution in [0.5, 0.6) is 0 Å². The minimum atomic E-state index is 0. The topological polar surface area (TPSA) is 12.0 Å². The molecule has 0 aromatic rings. The average Bonchev–Trinajstić information content (AvgIpc) is 0.918. The molecule has 0 aliphatic rings. The van der Waals surface area contributed by atoms with Crippen molar-refractivity contribution in [1.29, 1.82) is 0 Å².